The van der Waals surface area contributed by atoms with Gasteiger partial charge in [0.25, 0.3) is 5.91 Å². The van der Waals surface area contributed by atoms with Gasteiger partial charge >= 0.3 is 6.61 Å². The van der Waals surface area contributed by atoms with Crippen LogP contribution in [0.1, 0.15) is 36.5 Å². The number of nitrogens with zero attached hydrogens (tertiary/aromatic N) is 2. The van der Waals surface area contributed by atoms with Crippen LogP contribution in [0.3, 0.4) is 0 Å². The maximum atomic E-state index is 13.2. The van der Waals surface area contributed by atoms with Crippen LogP contribution in [0.2, 0.25) is 0 Å². The van der Waals surface area contributed by atoms with E-state index in [1.54, 1.807) is 40.1 Å². The molecule has 0 bridgehead atoms. The molecule has 4 rings (SSSR count). The fraction of sp³-hybridized carbons (Fsp3) is 0.318. The van der Waals surface area contributed by atoms with Crippen LogP contribution in [0.25, 0.3) is 0 Å². The molecule has 1 atom stereocenters. The summed E-state index contributed by atoms with van der Waals surface area (Å²) in [6, 6.07) is 12.8. The molecule has 31 heavy (non-hydrogen) atoms. The number of nitrogens with one attached hydrogen (secondary N) is 1. The van der Waals surface area contributed by atoms with Gasteiger partial charge in [-0.1, -0.05) is 24.3 Å². The minimum absolute atomic E-state index is 0.0666. The van der Waals surface area contributed by atoms with E-state index in [1.165, 1.54) is 18.2 Å². The fourth-order valence-electron chi connectivity index (χ4n) is 4.24. The Morgan fingerprint density at radius 3 is 2.65 bits per heavy atom. The Kier molecular flexibility index (Phi) is 5.34. The zero-order valence-electron chi connectivity index (χ0n) is 16.8. The zero-order chi connectivity index (χ0) is 22.2. The lowest BCUT2D eigenvalue weighted by atomic mass is 9.98. The Balaban J connectivity index is 1.52. The van der Waals surface area contributed by atoms with Crippen molar-refractivity contribution in [2.75, 3.05) is 16.8 Å². The molecule has 0 spiro atoms. The molecule has 0 aliphatic carbocycles. The highest BCUT2D eigenvalue weighted by atomic mass is 19.3. The normalized spacial score (nSPS) is 20.0. The van der Waals surface area contributed by atoms with Crippen LogP contribution in [-0.2, 0) is 9.59 Å². The van der Waals surface area contributed by atoms with Gasteiger partial charge < -0.3 is 15.0 Å². The lowest BCUT2D eigenvalue weighted by Crippen LogP contribution is -2.62. The van der Waals surface area contributed by atoms with Gasteiger partial charge in [-0.25, -0.2) is 0 Å². The predicted octanol–water partition coefficient (Wildman–Crippen LogP) is 3.62. The zero-order valence-corrected chi connectivity index (χ0v) is 16.8. The molecule has 2 aromatic rings. The van der Waals surface area contributed by atoms with Crippen molar-refractivity contribution in [3.05, 3.63) is 54.1 Å². The van der Waals surface area contributed by atoms with Gasteiger partial charge in [-0.05, 0) is 37.6 Å². The second-order valence-electron chi connectivity index (χ2n) is 7.59. The Labute approximate surface area is 177 Å². The SMILES string of the molecule is C[C@@]12CCC(=O)N1c1ccccc1C(=O)N2CCC(=O)Nc1ccccc1OC(F)F. The summed E-state index contributed by atoms with van der Waals surface area (Å²) in [5.74, 6) is -0.932. The summed E-state index contributed by atoms with van der Waals surface area (Å²) in [5.41, 5.74) is 0.244. The van der Waals surface area contributed by atoms with Crippen LogP contribution < -0.4 is 15.0 Å². The first-order valence-corrected chi connectivity index (χ1v) is 9.89. The van der Waals surface area contributed by atoms with Gasteiger partial charge in [-0.3, -0.25) is 19.3 Å². The summed E-state index contributed by atoms with van der Waals surface area (Å²) < 4.78 is 29.6. The van der Waals surface area contributed by atoms with Crippen LogP contribution in [-0.4, -0.2) is 41.4 Å². The summed E-state index contributed by atoms with van der Waals surface area (Å²) in [7, 11) is 0. The van der Waals surface area contributed by atoms with E-state index in [1.807, 2.05) is 6.92 Å². The van der Waals surface area contributed by atoms with Gasteiger partial charge in [0.2, 0.25) is 11.8 Å². The molecule has 2 aliphatic heterocycles. The Morgan fingerprint density at radius 1 is 1.16 bits per heavy atom. The molecule has 3 amide bonds. The van der Waals surface area contributed by atoms with E-state index >= 15 is 0 Å². The summed E-state index contributed by atoms with van der Waals surface area (Å²) in [6.07, 6.45) is 0.687. The summed E-state index contributed by atoms with van der Waals surface area (Å²) in [4.78, 5) is 41.4. The second kappa shape index (κ2) is 7.98. The van der Waals surface area contributed by atoms with Crippen molar-refractivity contribution in [3.63, 3.8) is 0 Å². The number of amides is 3. The van der Waals surface area contributed by atoms with Crippen molar-refractivity contribution in [2.24, 2.45) is 0 Å². The Bertz CT molecular complexity index is 1040. The van der Waals surface area contributed by atoms with Gasteiger partial charge in [0, 0.05) is 19.4 Å². The van der Waals surface area contributed by atoms with Gasteiger partial charge in [0.1, 0.15) is 11.4 Å². The third-order valence-electron chi connectivity index (χ3n) is 5.69. The third-order valence-corrected chi connectivity index (χ3v) is 5.69. The molecule has 7 nitrogen and oxygen atoms in total. The van der Waals surface area contributed by atoms with Crippen molar-refractivity contribution in [3.8, 4) is 5.75 Å². The van der Waals surface area contributed by atoms with E-state index in [0.717, 1.165) is 0 Å². The van der Waals surface area contributed by atoms with Crippen LogP contribution in [0.15, 0.2) is 48.5 Å². The molecule has 1 saturated heterocycles. The number of alkyl halides is 2. The number of hydrogen-bond acceptors (Lipinski definition) is 4. The minimum Gasteiger partial charge on any atom is -0.433 e. The highest BCUT2D eigenvalue weighted by molar-refractivity contribution is 6.10. The van der Waals surface area contributed by atoms with Crippen molar-refractivity contribution in [1.82, 2.24) is 4.90 Å². The number of ether oxygens (including phenoxy) is 1. The molecule has 2 aliphatic rings. The smallest absolute Gasteiger partial charge is 0.387 e. The number of hydrogen-bond donors (Lipinski definition) is 1. The van der Waals surface area contributed by atoms with Gasteiger partial charge in [0.05, 0.1) is 16.9 Å². The number of carbonyl (C=O) groups excluding carboxylic acids is 3. The molecular weight excluding hydrogens is 408 g/mol. The molecule has 2 aromatic carbocycles. The summed E-state index contributed by atoms with van der Waals surface area (Å²) in [5, 5.41) is 2.55. The van der Waals surface area contributed by atoms with Crippen molar-refractivity contribution in [2.45, 2.75) is 38.5 Å². The maximum Gasteiger partial charge on any atom is 0.387 e. The first-order valence-electron chi connectivity index (χ1n) is 9.89. The van der Waals surface area contributed by atoms with E-state index in [4.69, 9.17) is 0 Å². The average Bonchev–Trinajstić information content (AvgIpc) is 3.04. The quantitative estimate of drug-likeness (QED) is 0.761. The van der Waals surface area contributed by atoms with Crippen LogP contribution >= 0.6 is 0 Å². The monoisotopic (exact) mass is 429 g/mol. The number of fused-ring (bicyclic) bond motifs is 3. The predicted molar refractivity (Wildman–Crippen MR) is 109 cm³/mol. The van der Waals surface area contributed by atoms with Gasteiger partial charge in [-0.15, -0.1) is 0 Å². The lowest BCUT2D eigenvalue weighted by Gasteiger charge is -2.48. The molecule has 0 saturated carbocycles. The largest absolute Gasteiger partial charge is 0.433 e. The van der Waals surface area contributed by atoms with Gasteiger partial charge in [-0.2, -0.15) is 8.78 Å². The van der Waals surface area contributed by atoms with Crippen LogP contribution in [0.4, 0.5) is 20.2 Å². The number of benzene rings is 2. The first kappa shape index (κ1) is 20.8. The van der Waals surface area contributed by atoms with E-state index < -0.39 is 18.2 Å². The molecule has 0 aromatic heterocycles. The molecule has 1 N–H and O–H groups in total. The molecule has 1 fully saturated rings. The molecule has 0 radical (unpaired) electrons. The Hall–Kier alpha value is -3.49. The summed E-state index contributed by atoms with van der Waals surface area (Å²) >= 11 is 0. The van der Waals surface area contributed by atoms with Crippen molar-refractivity contribution >= 4 is 29.1 Å². The molecule has 0 unspecified atom stereocenters. The number of halogens is 2. The number of rotatable bonds is 6. The van der Waals surface area contributed by atoms with Crippen LogP contribution in [0.5, 0.6) is 5.75 Å². The van der Waals surface area contributed by atoms with E-state index in [0.29, 0.717) is 24.1 Å². The first-order chi connectivity index (χ1) is 14.8. The highest BCUT2D eigenvalue weighted by Crippen LogP contribution is 2.44. The standard InChI is InChI=1S/C22H21F2N3O4/c1-22-12-10-19(29)27(22)16-8-4-2-6-14(16)20(30)26(22)13-11-18(28)25-15-7-3-5-9-17(15)31-21(23)24/h2-9,21H,10-13H2,1H3,(H,25,28)/t22-/m0/s1. The topological polar surface area (TPSA) is 79.0 Å². The van der Waals surface area contributed by atoms with Gasteiger partial charge in [0.15, 0.2) is 0 Å². The fourth-order valence-corrected chi connectivity index (χ4v) is 4.24. The number of para-hydroxylation sites is 3. The molecule has 2 heterocycles. The molecular formula is C22H21F2N3O4. The average molecular weight is 429 g/mol. The van der Waals surface area contributed by atoms with Crippen LogP contribution in [0, 0.1) is 0 Å². The van der Waals surface area contributed by atoms with E-state index in [9.17, 15) is 23.2 Å². The minimum atomic E-state index is -3.02. The number of anilines is 2. The molecule has 9 heteroatoms. The third kappa shape index (κ3) is 3.71. The van der Waals surface area contributed by atoms with Crippen molar-refractivity contribution < 1.29 is 27.9 Å². The lowest BCUT2D eigenvalue weighted by molar-refractivity contribution is -0.117. The van der Waals surface area contributed by atoms with E-state index in [-0.39, 0.29) is 36.2 Å². The summed E-state index contributed by atoms with van der Waals surface area (Å²) in [6.45, 7) is -1.14. The second-order valence-corrected chi connectivity index (χ2v) is 7.59. The molecule has 162 valence electrons. The maximum absolute atomic E-state index is 13.2. The number of carbonyl (C=O) groups is 3. The Morgan fingerprint density at radius 2 is 1.87 bits per heavy atom. The van der Waals surface area contributed by atoms with E-state index in [2.05, 4.69) is 10.1 Å². The van der Waals surface area contributed by atoms with Crippen molar-refractivity contribution in [1.29, 1.82) is 0 Å². The highest BCUT2D eigenvalue weighted by Gasteiger charge is 2.52.